The third-order valence-corrected chi connectivity index (χ3v) is 4.74. The van der Waals surface area contributed by atoms with Gasteiger partial charge in [0.05, 0.1) is 5.69 Å². The van der Waals surface area contributed by atoms with Crippen molar-refractivity contribution < 1.29 is 0 Å². The van der Waals surface area contributed by atoms with Gasteiger partial charge < -0.3 is 11.1 Å². The molecule has 19 heavy (non-hydrogen) atoms. The summed E-state index contributed by atoms with van der Waals surface area (Å²) in [5.41, 5.74) is 10.6. The van der Waals surface area contributed by atoms with Gasteiger partial charge in [-0.05, 0) is 43.4 Å². The Kier molecular flexibility index (Phi) is 3.53. The number of hydrogen-bond donors (Lipinski definition) is 2. The van der Waals surface area contributed by atoms with Crippen LogP contribution in [0.4, 0.5) is 5.00 Å². The van der Waals surface area contributed by atoms with Crippen molar-refractivity contribution in [1.29, 1.82) is 0 Å². The number of benzene rings is 1. The van der Waals surface area contributed by atoms with Gasteiger partial charge >= 0.3 is 0 Å². The summed E-state index contributed by atoms with van der Waals surface area (Å²) in [6.45, 7) is 3.78. The van der Waals surface area contributed by atoms with E-state index in [9.17, 15) is 0 Å². The topological polar surface area (TPSA) is 50.9 Å². The second-order valence-corrected chi connectivity index (χ2v) is 6.02. The zero-order valence-corrected chi connectivity index (χ0v) is 12.0. The summed E-state index contributed by atoms with van der Waals surface area (Å²) in [6, 6.07) is 6.44. The van der Waals surface area contributed by atoms with Crippen LogP contribution in [-0.2, 0) is 13.0 Å². The Labute approximate surface area is 117 Å². The highest BCUT2D eigenvalue weighted by atomic mass is 32.1. The van der Waals surface area contributed by atoms with Crippen molar-refractivity contribution in [3.05, 3.63) is 35.0 Å². The molecule has 1 aromatic heterocycles. The van der Waals surface area contributed by atoms with E-state index in [2.05, 4.69) is 30.4 Å². The molecule has 1 aliphatic rings. The first-order chi connectivity index (χ1) is 9.28. The molecule has 0 unspecified atom stereocenters. The molecule has 0 aliphatic carbocycles. The molecule has 0 spiro atoms. The SMILES string of the molecule is Cc1cc(-c2nc3c(s2)NCCCC3)ccc1CN. The second kappa shape index (κ2) is 5.31. The lowest BCUT2D eigenvalue weighted by molar-refractivity contribution is 0.775. The average Bonchev–Trinajstić information content (AvgIpc) is 2.70. The predicted molar refractivity (Wildman–Crippen MR) is 81.6 cm³/mol. The van der Waals surface area contributed by atoms with Crippen LogP contribution >= 0.6 is 11.3 Å². The largest absolute Gasteiger partial charge is 0.375 e. The second-order valence-electron chi connectivity index (χ2n) is 5.02. The molecule has 0 amide bonds. The van der Waals surface area contributed by atoms with E-state index in [1.807, 2.05) is 0 Å². The maximum atomic E-state index is 5.71. The molecule has 3 rings (SSSR count). The number of fused-ring (bicyclic) bond motifs is 1. The highest BCUT2D eigenvalue weighted by Crippen LogP contribution is 2.34. The summed E-state index contributed by atoms with van der Waals surface area (Å²) in [6.07, 6.45) is 3.57. The Balaban J connectivity index is 1.96. The van der Waals surface area contributed by atoms with Crippen LogP contribution in [0.1, 0.15) is 29.7 Å². The zero-order chi connectivity index (χ0) is 13.2. The fourth-order valence-corrected chi connectivity index (χ4v) is 3.49. The maximum Gasteiger partial charge on any atom is 0.125 e. The van der Waals surface area contributed by atoms with Gasteiger partial charge in [0.1, 0.15) is 10.0 Å². The minimum atomic E-state index is 0.599. The van der Waals surface area contributed by atoms with Gasteiger partial charge in [-0.25, -0.2) is 4.98 Å². The molecule has 0 fully saturated rings. The fourth-order valence-electron chi connectivity index (χ4n) is 2.46. The average molecular weight is 273 g/mol. The van der Waals surface area contributed by atoms with Crippen LogP contribution in [0.25, 0.3) is 10.6 Å². The molecule has 2 heterocycles. The monoisotopic (exact) mass is 273 g/mol. The van der Waals surface area contributed by atoms with E-state index in [1.165, 1.54) is 40.2 Å². The third-order valence-electron chi connectivity index (χ3n) is 3.63. The highest BCUT2D eigenvalue weighted by molar-refractivity contribution is 7.19. The molecule has 0 radical (unpaired) electrons. The van der Waals surface area contributed by atoms with Crippen molar-refractivity contribution in [2.45, 2.75) is 32.7 Å². The van der Waals surface area contributed by atoms with Crippen molar-refractivity contribution in [1.82, 2.24) is 4.98 Å². The van der Waals surface area contributed by atoms with Gasteiger partial charge in [-0.15, -0.1) is 0 Å². The van der Waals surface area contributed by atoms with E-state index < -0.39 is 0 Å². The third kappa shape index (κ3) is 2.51. The Morgan fingerprint density at radius 2 is 2.26 bits per heavy atom. The fraction of sp³-hybridized carbons (Fsp3) is 0.400. The number of aryl methyl sites for hydroxylation is 2. The molecule has 3 nitrogen and oxygen atoms in total. The van der Waals surface area contributed by atoms with Crippen molar-refractivity contribution in [3.8, 4) is 10.6 Å². The van der Waals surface area contributed by atoms with Crippen LogP contribution in [0.15, 0.2) is 18.2 Å². The highest BCUT2D eigenvalue weighted by Gasteiger charge is 2.14. The summed E-state index contributed by atoms with van der Waals surface area (Å²) in [7, 11) is 0. The molecule has 3 N–H and O–H groups in total. The summed E-state index contributed by atoms with van der Waals surface area (Å²) >= 11 is 1.77. The van der Waals surface area contributed by atoms with Crippen LogP contribution in [-0.4, -0.2) is 11.5 Å². The van der Waals surface area contributed by atoms with Gasteiger partial charge in [-0.3, -0.25) is 0 Å². The molecule has 2 aromatic rings. The summed E-state index contributed by atoms with van der Waals surface area (Å²) in [5, 5.41) is 5.86. The van der Waals surface area contributed by atoms with Gasteiger partial charge in [0, 0.05) is 18.7 Å². The van der Waals surface area contributed by atoms with Gasteiger partial charge in [0.25, 0.3) is 0 Å². The van der Waals surface area contributed by atoms with E-state index in [0.717, 1.165) is 18.0 Å². The maximum absolute atomic E-state index is 5.71. The van der Waals surface area contributed by atoms with E-state index in [1.54, 1.807) is 11.3 Å². The number of rotatable bonds is 2. The van der Waals surface area contributed by atoms with Crippen LogP contribution in [0.2, 0.25) is 0 Å². The number of hydrogen-bond acceptors (Lipinski definition) is 4. The minimum Gasteiger partial charge on any atom is -0.375 e. The van der Waals surface area contributed by atoms with Crippen molar-refractivity contribution in [3.63, 3.8) is 0 Å². The lowest BCUT2D eigenvalue weighted by Crippen LogP contribution is -1.98. The van der Waals surface area contributed by atoms with Crippen LogP contribution in [0.3, 0.4) is 0 Å². The number of nitrogens with two attached hydrogens (primary N) is 1. The quantitative estimate of drug-likeness (QED) is 0.882. The molecule has 1 aromatic carbocycles. The lowest BCUT2D eigenvalue weighted by atomic mass is 10.1. The van der Waals surface area contributed by atoms with E-state index in [0.29, 0.717) is 6.54 Å². The molecule has 0 atom stereocenters. The predicted octanol–water partition coefficient (Wildman–Crippen LogP) is 3.33. The van der Waals surface area contributed by atoms with Crippen molar-refractivity contribution in [2.24, 2.45) is 5.73 Å². The first-order valence-electron chi connectivity index (χ1n) is 6.81. The lowest BCUT2D eigenvalue weighted by Gasteiger charge is -2.04. The molecule has 4 heteroatoms. The molecule has 100 valence electrons. The van der Waals surface area contributed by atoms with Crippen molar-refractivity contribution in [2.75, 3.05) is 11.9 Å². The number of aromatic nitrogens is 1. The van der Waals surface area contributed by atoms with E-state index in [-0.39, 0.29) is 0 Å². The Bertz CT molecular complexity index is 566. The van der Waals surface area contributed by atoms with E-state index in [4.69, 9.17) is 10.7 Å². The number of nitrogens with one attached hydrogen (secondary N) is 1. The number of anilines is 1. The summed E-state index contributed by atoms with van der Waals surface area (Å²) < 4.78 is 0. The Morgan fingerprint density at radius 1 is 1.37 bits per heavy atom. The van der Waals surface area contributed by atoms with Gasteiger partial charge in [0.2, 0.25) is 0 Å². The molecule has 0 saturated heterocycles. The smallest absolute Gasteiger partial charge is 0.125 e. The Morgan fingerprint density at radius 3 is 3.05 bits per heavy atom. The molecular formula is C15H19N3S. The minimum absolute atomic E-state index is 0.599. The zero-order valence-electron chi connectivity index (χ0n) is 11.2. The Hall–Kier alpha value is -1.39. The number of nitrogens with zero attached hydrogens (tertiary/aromatic N) is 1. The van der Waals surface area contributed by atoms with E-state index >= 15 is 0 Å². The van der Waals surface area contributed by atoms with Gasteiger partial charge in [0.15, 0.2) is 0 Å². The van der Waals surface area contributed by atoms with Crippen molar-refractivity contribution >= 4 is 16.3 Å². The van der Waals surface area contributed by atoms with Crippen LogP contribution in [0, 0.1) is 6.92 Å². The van der Waals surface area contributed by atoms with Gasteiger partial charge in [-0.2, -0.15) is 0 Å². The first-order valence-corrected chi connectivity index (χ1v) is 7.63. The van der Waals surface area contributed by atoms with Crippen LogP contribution in [0.5, 0.6) is 0 Å². The molecule has 0 bridgehead atoms. The molecular weight excluding hydrogens is 254 g/mol. The van der Waals surface area contributed by atoms with Crippen LogP contribution < -0.4 is 11.1 Å². The standard InChI is InChI=1S/C15H19N3S/c1-10-8-11(5-6-12(10)9-16)14-18-13-4-2-3-7-17-15(13)19-14/h5-6,8,17H,2-4,7,9,16H2,1H3. The van der Waals surface area contributed by atoms with Gasteiger partial charge in [-0.1, -0.05) is 23.5 Å². The normalized spacial score (nSPS) is 14.6. The number of thiazole rings is 1. The molecule has 0 saturated carbocycles. The molecule has 1 aliphatic heterocycles. The first kappa shape index (κ1) is 12.6. The summed E-state index contributed by atoms with van der Waals surface area (Å²) in [4.78, 5) is 4.80. The summed E-state index contributed by atoms with van der Waals surface area (Å²) in [5.74, 6) is 0.